The lowest BCUT2D eigenvalue weighted by Gasteiger charge is -2.26. The summed E-state index contributed by atoms with van der Waals surface area (Å²) < 4.78 is 5.39. The van der Waals surface area contributed by atoms with Gasteiger partial charge in [0, 0.05) is 7.11 Å². The van der Waals surface area contributed by atoms with Gasteiger partial charge in [0.1, 0.15) is 0 Å². The summed E-state index contributed by atoms with van der Waals surface area (Å²) in [5.41, 5.74) is -0.0551. The Balaban J connectivity index is 3.86. The van der Waals surface area contributed by atoms with Gasteiger partial charge >= 0.3 is 0 Å². The van der Waals surface area contributed by atoms with Crippen LogP contribution >= 0.6 is 0 Å². The van der Waals surface area contributed by atoms with Crippen molar-refractivity contribution in [1.82, 2.24) is 0 Å². The van der Waals surface area contributed by atoms with Crippen molar-refractivity contribution in [1.29, 1.82) is 0 Å². The van der Waals surface area contributed by atoms with Crippen molar-refractivity contribution in [3.8, 4) is 0 Å². The minimum absolute atomic E-state index is 0.0551. The van der Waals surface area contributed by atoms with E-state index < -0.39 is 0 Å². The number of ether oxygens (including phenoxy) is 1. The van der Waals surface area contributed by atoms with Gasteiger partial charge in [0.2, 0.25) is 0 Å². The zero-order valence-electron chi connectivity index (χ0n) is 8.34. The lowest BCUT2D eigenvalue weighted by molar-refractivity contribution is 0.000861. The Morgan fingerprint density at radius 1 is 1.42 bits per heavy atom. The van der Waals surface area contributed by atoms with E-state index in [1.54, 1.807) is 13.2 Å². The first kappa shape index (κ1) is 11.7. The van der Waals surface area contributed by atoms with E-state index in [-0.39, 0.29) is 12.2 Å². The van der Waals surface area contributed by atoms with Crippen LogP contribution in [0.5, 0.6) is 0 Å². The highest BCUT2D eigenvalue weighted by atomic mass is 16.5. The number of methoxy groups -OCH3 is 1. The van der Waals surface area contributed by atoms with Crippen molar-refractivity contribution in [2.45, 2.75) is 38.7 Å². The second kappa shape index (κ2) is 6.21. The Hall–Kier alpha value is -0.340. The Kier molecular flexibility index (Phi) is 6.03. The van der Waals surface area contributed by atoms with Gasteiger partial charge in [-0.2, -0.15) is 0 Å². The molecule has 0 saturated carbocycles. The monoisotopic (exact) mass is 172 g/mol. The molecule has 0 aliphatic carbocycles. The fraction of sp³-hybridized carbons (Fsp3) is 0.800. The predicted octanol–water partition coefficient (Wildman–Crippen LogP) is 2.13. The molecule has 12 heavy (non-hydrogen) atoms. The number of hydrogen-bond acceptors (Lipinski definition) is 2. The lowest BCUT2D eigenvalue weighted by atomic mass is 9.96. The smallest absolute Gasteiger partial charge is 0.0684 e. The van der Waals surface area contributed by atoms with Crippen molar-refractivity contribution in [3.63, 3.8) is 0 Å². The number of hydrogen-bond donors (Lipinski definition) is 1. The van der Waals surface area contributed by atoms with Crippen LogP contribution < -0.4 is 0 Å². The molecule has 0 saturated heterocycles. The minimum Gasteiger partial charge on any atom is -0.392 e. The molecule has 72 valence electrons. The molecule has 0 amide bonds. The van der Waals surface area contributed by atoms with Crippen LogP contribution in [-0.2, 0) is 4.74 Å². The highest BCUT2D eigenvalue weighted by Gasteiger charge is 2.19. The minimum atomic E-state index is -0.0551. The molecular formula is C10H20O2. The van der Waals surface area contributed by atoms with Gasteiger partial charge in [0.25, 0.3) is 0 Å². The third-order valence-electron chi connectivity index (χ3n) is 2.09. The first-order valence-corrected chi connectivity index (χ1v) is 4.49. The van der Waals surface area contributed by atoms with Gasteiger partial charge in [-0.25, -0.2) is 0 Å². The SMILES string of the molecule is CCCC(C)(CC=CCO)OC. The molecule has 0 aliphatic heterocycles. The molecule has 2 heteroatoms. The molecule has 0 rings (SSSR count). The molecular weight excluding hydrogens is 152 g/mol. The Labute approximate surface area is 75.2 Å². The Morgan fingerprint density at radius 3 is 2.50 bits per heavy atom. The van der Waals surface area contributed by atoms with E-state index >= 15 is 0 Å². The quantitative estimate of drug-likeness (QED) is 0.622. The molecule has 0 bridgehead atoms. The average molecular weight is 172 g/mol. The molecule has 2 nitrogen and oxygen atoms in total. The Morgan fingerprint density at radius 2 is 2.08 bits per heavy atom. The summed E-state index contributed by atoms with van der Waals surface area (Å²) in [6, 6.07) is 0. The molecule has 1 N–H and O–H groups in total. The normalized spacial score (nSPS) is 16.7. The fourth-order valence-electron chi connectivity index (χ4n) is 1.22. The van der Waals surface area contributed by atoms with E-state index in [0.717, 1.165) is 19.3 Å². The third-order valence-corrected chi connectivity index (χ3v) is 2.09. The van der Waals surface area contributed by atoms with Crippen molar-refractivity contribution in [2.24, 2.45) is 0 Å². The van der Waals surface area contributed by atoms with Crippen LogP contribution in [0, 0.1) is 0 Å². The van der Waals surface area contributed by atoms with Crippen molar-refractivity contribution < 1.29 is 9.84 Å². The fourth-order valence-corrected chi connectivity index (χ4v) is 1.22. The first-order valence-electron chi connectivity index (χ1n) is 4.49. The maximum Gasteiger partial charge on any atom is 0.0684 e. The highest BCUT2D eigenvalue weighted by Crippen LogP contribution is 2.21. The summed E-state index contributed by atoms with van der Waals surface area (Å²) in [6.07, 6.45) is 6.78. The van der Waals surface area contributed by atoms with Crippen LogP contribution in [0.1, 0.15) is 33.1 Å². The molecule has 0 aromatic rings. The van der Waals surface area contributed by atoms with E-state index in [2.05, 4.69) is 13.8 Å². The average Bonchev–Trinajstić information content (AvgIpc) is 2.06. The van der Waals surface area contributed by atoms with Gasteiger partial charge in [-0.05, 0) is 19.8 Å². The third kappa shape index (κ3) is 4.52. The molecule has 0 heterocycles. The van der Waals surface area contributed by atoms with Crippen LogP contribution in [0.15, 0.2) is 12.2 Å². The van der Waals surface area contributed by atoms with Crippen LogP contribution in [0.3, 0.4) is 0 Å². The van der Waals surface area contributed by atoms with E-state index in [4.69, 9.17) is 9.84 Å². The van der Waals surface area contributed by atoms with E-state index in [1.807, 2.05) is 6.08 Å². The number of aliphatic hydroxyl groups excluding tert-OH is 1. The van der Waals surface area contributed by atoms with Crippen LogP contribution in [0.2, 0.25) is 0 Å². The van der Waals surface area contributed by atoms with Gasteiger partial charge in [-0.15, -0.1) is 0 Å². The van der Waals surface area contributed by atoms with Gasteiger partial charge in [0.15, 0.2) is 0 Å². The van der Waals surface area contributed by atoms with E-state index in [0.29, 0.717) is 0 Å². The Bertz CT molecular complexity index is 132. The summed E-state index contributed by atoms with van der Waals surface area (Å²) in [4.78, 5) is 0. The molecule has 0 radical (unpaired) electrons. The summed E-state index contributed by atoms with van der Waals surface area (Å²) >= 11 is 0. The standard InChI is InChI=1S/C10H20O2/c1-4-7-10(2,12-3)8-5-6-9-11/h5-6,11H,4,7-9H2,1-3H3. The molecule has 0 aromatic carbocycles. The summed E-state index contributed by atoms with van der Waals surface area (Å²) in [6.45, 7) is 4.36. The highest BCUT2D eigenvalue weighted by molar-refractivity contribution is 4.89. The van der Waals surface area contributed by atoms with Gasteiger partial charge in [-0.3, -0.25) is 0 Å². The van der Waals surface area contributed by atoms with Crippen molar-refractivity contribution in [3.05, 3.63) is 12.2 Å². The lowest BCUT2D eigenvalue weighted by Crippen LogP contribution is -2.25. The maximum absolute atomic E-state index is 8.54. The van der Waals surface area contributed by atoms with Gasteiger partial charge in [0.05, 0.1) is 12.2 Å². The van der Waals surface area contributed by atoms with Crippen LogP contribution in [0.4, 0.5) is 0 Å². The largest absolute Gasteiger partial charge is 0.392 e. The summed E-state index contributed by atoms with van der Waals surface area (Å²) in [5.74, 6) is 0. The second-order valence-corrected chi connectivity index (χ2v) is 3.26. The number of aliphatic hydroxyl groups is 1. The van der Waals surface area contributed by atoms with E-state index in [9.17, 15) is 0 Å². The molecule has 0 spiro atoms. The van der Waals surface area contributed by atoms with Gasteiger partial charge in [-0.1, -0.05) is 25.5 Å². The predicted molar refractivity (Wildman–Crippen MR) is 51.2 cm³/mol. The molecule has 0 fully saturated rings. The molecule has 0 aliphatic rings. The summed E-state index contributed by atoms with van der Waals surface area (Å²) in [7, 11) is 1.74. The molecule has 1 atom stereocenters. The topological polar surface area (TPSA) is 29.5 Å². The molecule has 0 aromatic heterocycles. The van der Waals surface area contributed by atoms with Crippen molar-refractivity contribution in [2.75, 3.05) is 13.7 Å². The van der Waals surface area contributed by atoms with E-state index in [1.165, 1.54) is 0 Å². The molecule has 1 unspecified atom stereocenters. The zero-order chi connectivity index (χ0) is 9.45. The maximum atomic E-state index is 8.54. The number of rotatable bonds is 6. The van der Waals surface area contributed by atoms with Crippen LogP contribution in [-0.4, -0.2) is 24.4 Å². The van der Waals surface area contributed by atoms with Gasteiger partial charge < -0.3 is 9.84 Å². The zero-order valence-corrected chi connectivity index (χ0v) is 8.34. The van der Waals surface area contributed by atoms with Crippen LogP contribution in [0.25, 0.3) is 0 Å². The first-order chi connectivity index (χ1) is 5.68. The van der Waals surface area contributed by atoms with Crippen molar-refractivity contribution >= 4 is 0 Å². The summed E-state index contributed by atoms with van der Waals surface area (Å²) in [5, 5.41) is 8.54. The second-order valence-electron chi connectivity index (χ2n) is 3.26.